The zero-order valence-corrected chi connectivity index (χ0v) is 42.6. The summed E-state index contributed by atoms with van der Waals surface area (Å²) in [5.74, 6) is -15.7. The third-order valence-electron chi connectivity index (χ3n) is 10.2. The number of carbonyl (C=O) groups is 3. The molecule has 0 aliphatic carbocycles. The third kappa shape index (κ3) is 18.4. The van der Waals surface area contributed by atoms with Gasteiger partial charge in [0.05, 0.1) is 95.7 Å². The van der Waals surface area contributed by atoms with E-state index in [1.165, 1.54) is 23.1 Å². The van der Waals surface area contributed by atoms with E-state index in [0.717, 1.165) is 36.4 Å². The van der Waals surface area contributed by atoms with Crippen LogP contribution in [0.1, 0.15) is 53.3 Å². The van der Waals surface area contributed by atoms with Gasteiger partial charge in [-0.1, -0.05) is 54.6 Å². The van der Waals surface area contributed by atoms with Crippen molar-refractivity contribution in [1.29, 1.82) is 0 Å². The standard InChI is InChI=1S/C14H14BF6NO5S.C13H10B2F6O5S.C12H10BF6NO5S/c1-22(2)10-4-3-8(5-9(10)6-15)11(23)27-12(13(16,17)18,14(19,20)21)7-28(24,25)26;14-4-7-2-1-3-8(9(7)5-15)10(22)26-11(12(16,17)18,13(19,20)21)6-27(23,24)25;13-4-6-1-2-8(20)7(3-6)9(21)25-10(11(14,15)16,12(17,18)19)5-26(22,23)24/h3-5H,6-7H2,1-2H3,(H,24,25,26);1-3H,4-6H2,(H,23,24,25);1-3H,4-5,20H2,(H,22,23,24)/p-3. The van der Waals surface area contributed by atoms with Gasteiger partial charge in [0.1, 0.15) is 0 Å². The normalized spacial score (nSPS) is 13.4. The summed E-state index contributed by atoms with van der Waals surface area (Å²) in [7, 11) is 6.21. The van der Waals surface area contributed by atoms with Crippen LogP contribution in [0.5, 0.6) is 0 Å². The molecule has 0 saturated carbocycles. The summed E-state index contributed by atoms with van der Waals surface area (Å²) >= 11 is 0. The summed E-state index contributed by atoms with van der Waals surface area (Å²) in [4.78, 5) is 37.5. The highest BCUT2D eigenvalue weighted by atomic mass is 32.2. The van der Waals surface area contributed by atoms with Crippen molar-refractivity contribution in [3.8, 4) is 0 Å². The van der Waals surface area contributed by atoms with Crippen molar-refractivity contribution in [2.45, 2.75) is 79.1 Å². The van der Waals surface area contributed by atoms with Crippen LogP contribution in [0.2, 0.25) is 0 Å². The number of carbonyl (C=O) groups excluding carboxylic acids is 3. The van der Waals surface area contributed by atoms with E-state index in [4.69, 9.17) is 37.1 Å². The van der Waals surface area contributed by atoms with Gasteiger partial charge < -0.3 is 38.5 Å². The molecule has 0 bridgehead atoms. The highest BCUT2D eigenvalue weighted by Gasteiger charge is 2.77. The van der Waals surface area contributed by atoms with E-state index in [0.29, 0.717) is 5.69 Å². The largest absolute Gasteiger partial charge is 0.748 e. The zero-order chi connectivity index (χ0) is 63.9. The Morgan fingerprint density at radius 3 is 1.15 bits per heavy atom. The predicted octanol–water partition coefficient (Wildman–Crippen LogP) is 5.08. The van der Waals surface area contributed by atoms with Crippen molar-refractivity contribution in [1.82, 2.24) is 0 Å². The van der Waals surface area contributed by atoms with Crippen molar-refractivity contribution in [3.63, 3.8) is 0 Å². The molecule has 8 radical (unpaired) electrons. The second-order valence-corrected chi connectivity index (χ2v) is 20.4. The Labute approximate surface area is 451 Å². The Kier molecular flexibility index (Phi) is 23.5. The number of ether oxygens (including phenoxy) is 3. The lowest BCUT2D eigenvalue weighted by Gasteiger charge is -2.37. The summed E-state index contributed by atoms with van der Waals surface area (Å²) in [5.41, 5.74) is -13.6. The van der Waals surface area contributed by atoms with Gasteiger partial charge in [0, 0.05) is 25.5 Å². The van der Waals surface area contributed by atoms with Crippen LogP contribution >= 0.6 is 0 Å². The Morgan fingerprint density at radius 2 is 0.840 bits per heavy atom. The van der Waals surface area contributed by atoms with Gasteiger partial charge in [0.25, 0.3) is 0 Å². The minimum absolute atomic E-state index is 0.118. The van der Waals surface area contributed by atoms with Gasteiger partial charge in [-0.3, -0.25) is 0 Å². The number of nitrogens with zero attached hydrogens (tertiary/aromatic N) is 1. The molecule has 3 aromatic rings. The average molecular weight is 1250 g/mol. The molecule has 3 rings (SSSR count). The van der Waals surface area contributed by atoms with E-state index in [1.54, 1.807) is 14.1 Å². The van der Waals surface area contributed by atoms with Crippen molar-refractivity contribution < 1.29 is 147 Å². The molecule has 0 saturated heterocycles. The molecule has 0 unspecified atom stereocenters. The van der Waals surface area contributed by atoms with Crippen LogP contribution in [0, 0.1) is 0 Å². The zero-order valence-electron chi connectivity index (χ0n) is 40.1. The number of esters is 3. The van der Waals surface area contributed by atoms with E-state index in [9.17, 15) is 132 Å². The van der Waals surface area contributed by atoms with Gasteiger partial charge in [0.15, 0.2) is 0 Å². The Balaban J connectivity index is 0.000000608. The molecule has 0 atom stereocenters. The van der Waals surface area contributed by atoms with Crippen LogP contribution in [0.15, 0.2) is 54.6 Å². The van der Waals surface area contributed by atoms with E-state index in [2.05, 4.69) is 14.2 Å². The van der Waals surface area contributed by atoms with Gasteiger partial charge in [-0.15, -0.1) is 0 Å². The van der Waals surface area contributed by atoms with E-state index < -0.39 is 148 Å². The SMILES string of the molecule is [B]Cc1cc(C(=O)OC(CS(=O)(=O)[O-])(C(F)(F)F)C(F)(F)F)ccc1N(C)C.[B]Cc1ccc(N)c(C(=O)OC(CS(=O)(=O)[O-])(C(F)(F)F)C(F)(F)F)c1.[B]Cc1cccc(C(=O)OC(CS(=O)(=O)[O-])(C(F)(F)F)C(F)(F)F)c1C[B]. The third-order valence-corrected chi connectivity index (χ3v) is 12.5. The molecule has 81 heavy (non-hydrogen) atoms. The number of hydrogen-bond donors (Lipinski definition) is 1. The fourth-order valence-electron chi connectivity index (χ4n) is 6.28. The maximum Gasteiger partial charge on any atom is 0.438 e. The highest BCUT2D eigenvalue weighted by Crippen LogP contribution is 2.50. The molecule has 0 heterocycles. The minimum Gasteiger partial charge on any atom is -0.748 e. The minimum atomic E-state index is -6.46. The first-order valence-electron chi connectivity index (χ1n) is 20.6. The van der Waals surface area contributed by atoms with Gasteiger partial charge in [-0.05, 0) is 47.5 Å². The lowest BCUT2D eigenvalue weighted by Crippen LogP contribution is -2.63. The second kappa shape index (κ2) is 25.9. The van der Waals surface area contributed by atoms with Crippen LogP contribution in [-0.4, -0.2) is 173 Å². The number of alkyl halides is 18. The highest BCUT2D eigenvalue weighted by molar-refractivity contribution is 7.86. The molecule has 42 heteroatoms. The lowest BCUT2D eigenvalue weighted by atomic mass is 9.84. The van der Waals surface area contributed by atoms with Crippen LogP contribution in [0.25, 0.3) is 0 Å². The fourth-order valence-corrected chi connectivity index (χ4v) is 8.93. The molecule has 2 N–H and O–H groups in total. The lowest BCUT2D eigenvalue weighted by molar-refractivity contribution is -0.356. The molecule has 0 fully saturated rings. The van der Waals surface area contributed by atoms with Crippen molar-refractivity contribution >= 4 is 91.0 Å². The Morgan fingerprint density at radius 1 is 0.481 bits per heavy atom. The molecular weight excluding hydrogens is 1220 g/mol. The molecule has 0 aliphatic heterocycles. The number of anilines is 2. The first-order valence-corrected chi connectivity index (χ1v) is 25.3. The molecular formula is C39H31B4F18N2O15S3-3. The number of nitrogens with two attached hydrogens (primary N) is 1. The maximum absolute atomic E-state index is 13.2. The first-order chi connectivity index (χ1) is 36.1. The van der Waals surface area contributed by atoms with Crippen LogP contribution < -0.4 is 10.6 Å². The van der Waals surface area contributed by atoms with E-state index in [1.807, 2.05) is 0 Å². The predicted molar refractivity (Wildman–Crippen MR) is 240 cm³/mol. The van der Waals surface area contributed by atoms with Gasteiger partial charge in [-0.25, -0.2) is 39.6 Å². The smallest absolute Gasteiger partial charge is 0.438 e. The Bertz CT molecular complexity index is 3040. The molecule has 0 aromatic heterocycles. The fraction of sp³-hybridized carbons (Fsp3) is 0.462. The second-order valence-electron chi connectivity index (χ2n) is 16.2. The van der Waals surface area contributed by atoms with Crippen molar-refractivity contribution in [3.05, 3.63) is 93.5 Å². The number of halogens is 18. The number of nitrogen functional groups attached to an aromatic ring is 1. The number of hydrogen-bond acceptors (Lipinski definition) is 17. The molecule has 3 aromatic carbocycles. The van der Waals surface area contributed by atoms with Crippen LogP contribution in [-0.2, 0) is 69.8 Å². The monoisotopic (exact) mass is 1250 g/mol. The topological polar surface area (TPSA) is 280 Å². The van der Waals surface area contributed by atoms with E-state index >= 15 is 0 Å². The van der Waals surface area contributed by atoms with Gasteiger partial charge in [-0.2, -0.15) is 79.0 Å². The summed E-state index contributed by atoms with van der Waals surface area (Å²) in [5, 5.41) is 0. The maximum atomic E-state index is 13.2. The molecule has 17 nitrogen and oxygen atoms in total. The molecule has 446 valence electrons. The van der Waals surface area contributed by atoms with Gasteiger partial charge >= 0.3 is 71.8 Å². The number of benzene rings is 3. The van der Waals surface area contributed by atoms with Gasteiger partial charge in [0.2, 0.25) is 0 Å². The summed E-state index contributed by atoms with van der Waals surface area (Å²) in [6, 6.07) is 9.23. The van der Waals surface area contributed by atoms with Crippen LogP contribution in [0.4, 0.5) is 90.4 Å². The molecule has 0 amide bonds. The summed E-state index contributed by atoms with van der Waals surface area (Å²) < 4.78 is 343. The summed E-state index contributed by atoms with van der Waals surface area (Å²) in [6.07, 6.45) is -39.9. The quantitative estimate of drug-likeness (QED) is 0.0461. The molecule has 0 aliphatic rings. The van der Waals surface area contributed by atoms with Crippen molar-refractivity contribution in [2.75, 3.05) is 42.0 Å². The van der Waals surface area contributed by atoms with Crippen molar-refractivity contribution in [2.24, 2.45) is 0 Å². The summed E-state index contributed by atoms with van der Waals surface area (Å²) in [6.45, 7) is 0. The Hall–Kier alpha value is -5.60. The number of rotatable bonds is 17. The first kappa shape index (κ1) is 73.4. The molecule has 0 spiro atoms. The average Bonchev–Trinajstić information content (AvgIpc) is 3.27. The van der Waals surface area contributed by atoms with E-state index in [-0.39, 0.29) is 41.2 Å². The van der Waals surface area contributed by atoms with Crippen LogP contribution in [0.3, 0.4) is 0 Å².